The predicted octanol–water partition coefficient (Wildman–Crippen LogP) is 3.65. The van der Waals surface area contributed by atoms with Crippen molar-refractivity contribution >= 4 is 26.0 Å². The Balaban J connectivity index is 1.78. The van der Waals surface area contributed by atoms with Gasteiger partial charge in [-0.15, -0.1) is 0 Å². The van der Waals surface area contributed by atoms with Crippen molar-refractivity contribution in [3.8, 4) is 5.75 Å². The Bertz CT molecular complexity index is 1290. The van der Waals surface area contributed by atoms with E-state index in [0.717, 1.165) is 22.7 Å². The van der Waals surface area contributed by atoms with Crippen molar-refractivity contribution in [3.05, 3.63) is 54.1 Å². The van der Waals surface area contributed by atoms with E-state index in [1.807, 2.05) is 20.8 Å². The van der Waals surface area contributed by atoms with Crippen LogP contribution in [0.5, 0.6) is 5.75 Å². The Kier molecular flexibility index (Phi) is 9.05. The van der Waals surface area contributed by atoms with Crippen molar-refractivity contribution in [1.29, 1.82) is 0 Å². The SMILES string of the molecule is CN(C)S(=O)(=O)c1ccccc1S(=O)(=O)Oc1ccc(CN(CC2CCCO2)C(=O)CC(C)(C)C)cc1. The molecule has 1 aliphatic heterocycles. The molecule has 0 bridgehead atoms. The Labute approximate surface area is 220 Å². The zero-order valence-electron chi connectivity index (χ0n) is 22.0. The van der Waals surface area contributed by atoms with Gasteiger partial charge in [0.2, 0.25) is 15.9 Å². The minimum Gasteiger partial charge on any atom is -0.379 e. The summed E-state index contributed by atoms with van der Waals surface area (Å²) in [5, 5.41) is 0. The Morgan fingerprint density at radius 2 is 1.62 bits per heavy atom. The van der Waals surface area contributed by atoms with E-state index >= 15 is 0 Å². The first-order chi connectivity index (χ1) is 17.2. The molecule has 1 unspecified atom stereocenters. The maximum absolute atomic E-state index is 13.0. The molecule has 0 aromatic heterocycles. The van der Waals surface area contributed by atoms with Gasteiger partial charge in [-0.3, -0.25) is 4.79 Å². The molecule has 2 aromatic carbocycles. The minimum atomic E-state index is -4.43. The van der Waals surface area contributed by atoms with E-state index in [-0.39, 0.29) is 28.1 Å². The number of sulfonamides is 1. The van der Waals surface area contributed by atoms with Crippen LogP contribution in [-0.2, 0) is 36.2 Å². The van der Waals surface area contributed by atoms with E-state index in [0.29, 0.717) is 26.1 Å². The molecule has 0 N–H and O–H groups in total. The fourth-order valence-corrected chi connectivity index (χ4v) is 6.57. The lowest BCUT2D eigenvalue weighted by atomic mass is 9.91. The summed E-state index contributed by atoms with van der Waals surface area (Å²) in [7, 11) is -5.79. The molecule has 1 atom stereocenters. The summed E-state index contributed by atoms with van der Waals surface area (Å²) in [6, 6.07) is 11.7. The van der Waals surface area contributed by atoms with Crippen LogP contribution in [0.1, 0.15) is 45.6 Å². The van der Waals surface area contributed by atoms with E-state index in [2.05, 4.69) is 0 Å². The lowest BCUT2D eigenvalue weighted by molar-refractivity contribution is -0.135. The van der Waals surface area contributed by atoms with Gasteiger partial charge in [0.1, 0.15) is 15.5 Å². The molecule has 9 nitrogen and oxygen atoms in total. The van der Waals surface area contributed by atoms with Crippen molar-refractivity contribution in [2.75, 3.05) is 27.2 Å². The summed E-state index contributed by atoms with van der Waals surface area (Å²) in [4.78, 5) is 14.0. The standard InChI is InChI=1S/C26H36N2O7S2/c1-26(2,3)17-25(29)28(19-22-9-8-16-34-22)18-20-12-14-21(15-13-20)35-37(32,33)24-11-7-6-10-23(24)36(30,31)27(4)5/h6-7,10-15,22H,8-9,16-19H2,1-5H3. The van der Waals surface area contributed by atoms with Gasteiger partial charge in [-0.25, -0.2) is 12.7 Å². The number of ether oxygens (including phenoxy) is 1. The number of hydrogen-bond donors (Lipinski definition) is 0. The number of carbonyl (C=O) groups excluding carboxylic acids is 1. The average molecular weight is 553 g/mol. The number of nitrogens with zero attached hydrogens (tertiary/aromatic N) is 2. The molecule has 3 rings (SSSR count). The predicted molar refractivity (Wildman–Crippen MR) is 140 cm³/mol. The third-order valence-corrected chi connectivity index (χ3v) is 9.17. The fourth-order valence-electron chi connectivity index (χ4n) is 3.96. The number of benzene rings is 2. The number of rotatable bonds is 10. The summed E-state index contributed by atoms with van der Waals surface area (Å²) >= 11 is 0. The largest absolute Gasteiger partial charge is 0.379 e. The summed E-state index contributed by atoms with van der Waals surface area (Å²) in [5.41, 5.74) is 0.648. The van der Waals surface area contributed by atoms with Crippen LogP contribution >= 0.6 is 0 Å². The topological polar surface area (TPSA) is 110 Å². The molecular formula is C26H36N2O7S2. The maximum atomic E-state index is 13.0. The molecule has 11 heteroatoms. The number of carbonyl (C=O) groups is 1. The Morgan fingerprint density at radius 1 is 1.00 bits per heavy atom. The van der Waals surface area contributed by atoms with Gasteiger partial charge < -0.3 is 13.8 Å². The minimum absolute atomic E-state index is 0.00943. The van der Waals surface area contributed by atoms with Gasteiger partial charge in [0.05, 0.1) is 6.10 Å². The van der Waals surface area contributed by atoms with Crippen molar-refractivity contribution in [3.63, 3.8) is 0 Å². The molecule has 1 amide bonds. The second kappa shape index (κ2) is 11.5. The third kappa shape index (κ3) is 7.76. The van der Waals surface area contributed by atoms with Gasteiger partial charge in [0.25, 0.3) is 0 Å². The van der Waals surface area contributed by atoms with Crippen LogP contribution in [0.3, 0.4) is 0 Å². The van der Waals surface area contributed by atoms with E-state index in [1.165, 1.54) is 50.5 Å². The quantitative estimate of drug-likeness (QED) is 0.414. The molecule has 0 radical (unpaired) electrons. The average Bonchev–Trinajstić information content (AvgIpc) is 3.31. The normalized spacial score (nSPS) is 16.6. The summed E-state index contributed by atoms with van der Waals surface area (Å²) < 4.78 is 63.2. The second-order valence-electron chi connectivity index (χ2n) is 10.6. The molecule has 37 heavy (non-hydrogen) atoms. The first-order valence-electron chi connectivity index (χ1n) is 12.1. The lowest BCUT2D eigenvalue weighted by Crippen LogP contribution is -2.38. The highest BCUT2D eigenvalue weighted by atomic mass is 32.2. The maximum Gasteiger partial charge on any atom is 0.340 e. The first kappa shape index (κ1) is 29.1. The molecule has 204 valence electrons. The molecule has 1 saturated heterocycles. The molecule has 0 saturated carbocycles. The molecule has 0 aliphatic carbocycles. The molecule has 0 spiro atoms. The van der Waals surface area contributed by atoms with Gasteiger partial charge in [0.15, 0.2) is 0 Å². The third-order valence-electron chi connectivity index (χ3n) is 5.86. The molecule has 1 aliphatic rings. The van der Waals surface area contributed by atoms with Crippen LogP contribution in [0.2, 0.25) is 0 Å². The zero-order chi connectivity index (χ0) is 27.4. The molecule has 1 fully saturated rings. The van der Waals surface area contributed by atoms with E-state index < -0.39 is 25.0 Å². The second-order valence-corrected chi connectivity index (χ2v) is 14.2. The Morgan fingerprint density at radius 3 is 2.16 bits per heavy atom. The van der Waals surface area contributed by atoms with Crippen molar-refractivity contribution in [2.24, 2.45) is 5.41 Å². The van der Waals surface area contributed by atoms with Gasteiger partial charge in [-0.1, -0.05) is 45.0 Å². The van der Waals surface area contributed by atoms with E-state index in [4.69, 9.17) is 8.92 Å². The Hall–Kier alpha value is -2.47. The van der Waals surface area contributed by atoms with Crippen molar-refractivity contribution in [1.82, 2.24) is 9.21 Å². The lowest BCUT2D eigenvalue weighted by Gasteiger charge is -2.29. The van der Waals surface area contributed by atoms with Crippen molar-refractivity contribution < 1.29 is 30.6 Å². The number of amides is 1. The molecule has 2 aromatic rings. The molecule has 1 heterocycles. The van der Waals surface area contributed by atoms with Crippen LogP contribution in [-0.4, -0.2) is 65.3 Å². The van der Waals surface area contributed by atoms with Crippen molar-refractivity contribution in [2.45, 2.75) is 62.5 Å². The van der Waals surface area contributed by atoms with Crippen LogP contribution in [0, 0.1) is 5.41 Å². The fraction of sp³-hybridized carbons (Fsp3) is 0.500. The van der Waals surface area contributed by atoms with Crippen LogP contribution in [0.25, 0.3) is 0 Å². The number of hydrogen-bond acceptors (Lipinski definition) is 7. The van der Waals surface area contributed by atoms with Crippen LogP contribution in [0.15, 0.2) is 58.3 Å². The van der Waals surface area contributed by atoms with Gasteiger partial charge in [-0.2, -0.15) is 8.42 Å². The summed E-state index contributed by atoms with van der Waals surface area (Å²) in [5.74, 6) is 0.0668. The van der Waals surface area contributed by atoms with Gasteiger partial charge >= 0.3 is 10.1 Å². The molecular weight excluding hydrogens is 516 g/mol. The van der Waals surface area contributed by atoms with Gasteiger partial charge in [-0.05, 0) is 48.1 Å². The first-order valence-corrected chi connectivity index (χ1v) is 15.0. The van der Waals surface area contributed by atoms with Gasteiger partial charge in [0, 0.05) is 40.2 Å². The summed E-state index contributed by atoms with van der Waals surface area (Å²) in [6.45, 7) is 7.60. The monoisotopic (exact) mass is 552 g/mol. The summed E-state index contributed by atoms with van der Waals surface area (Å²) in [6.07, 6.45) is 2.30. The highest BCUT2D eigenvalue weighted by Crippen LogP contribution is 2.27. The van der Waals surface area contributed by atoms with Crippen LogP contribution < -0.4 is 4.18 Å². The van der Waals surface area contributed by atoms with E-state index in [1.54, 1.807) is 17.0 Å². The van der Waals surface area contributed by atoms with E-state index in [9.17, 15) is 21.6 Å². The zero-order valence-corrected chi connectivity index (χ0v) is 23.6. The highest BCUT2D eigenvalue weighted by molar-refractivity contribution is 7.91. The smallest absolute Gasteiger partial charge is 0.340 e. The highest BCUT2D eigenvalue weighted by Gasteiger charge is 2.30. The van der Waals surface area contributed by atoms with Crippen LogP contribution in [0.4, 0.5) is 0 Å².